The van der Waals surface area contributed by atoms with Gasteiger partial charge in [-0.3, -0.25) is 0 Å². The Morgan fingerprint density at radius 3 is 2.94 bits per heavy atom. The van der Waals surface area contributed by atoms with Gasteiger partial charge in [-0.15, -0.1) is 0 Å². The van der Waals surface area contributed by atoms with Crippen LogP contribution in [0.4, 0.5) is 5.82 Å². The molecule has 1 heterocycles. The maximum atomic E-state index is 5.51. The molecule has 0 atom stereocenters. The molecule has 0 amide bonds. The maximum absolute atomic E-state index is 5.51. The molecule has 0 saturated heterocycles. The van der Waals surface area contributed by atoms with Crippen molar-refractivity contribution >= 4 is 21.7 Å². The highest BCUT2D eigenvalue weighted by Gasteiger charge is 2.01. The first-order valence-electron chi connectivity index (χ1n) is 5.70. The van der Waals surface area contributed by atoms with Gasteiger partial charge in [0, 0.05) is 17.2 Å². The second kappa shape index (κ2) is 5.93. The van der Waals surface area contributed by atoms with Gasteiger partial charge in [0.1, 0.15) is 11.6 Å². The monoisotopic (exact) mass is 306 g/mol. The van der Waals surface area contributed by atoms with Crippen molar-refractivity contribution in [3.63, 3.8) is 0 Å². The molecule has 94 valence electrons. The van der Waals surface area contributed by atoms with Gasteiger partial charge in [0.15, 0.2) is 0 Å². The zero-order chi connectivity index (χ0) is 13.0. The molecule has 0 saturated carbocycles. The number of anilines is 1. The summed E-state index contributed by atoms with van der Waals surface area (Å²) in [6, 6.07) is 8.07. The Morgan fingerprint density at radius 2 is 2.17 bits per heavy atom. The molecule has 0 aliphatic heterocycles. The largest absolute Gasteiger partial charge is 0.366 e. The summed E-state index contributed by atoms with van der Waals surface area (Å²) >= 11 is 3.48. The Hall–Kier alpha value is -1.46. The van der Waals surface area contributed by atoms with Crippen molar-refractivity contribution in [3.05, 3.63) is 51.9 Å². The van der Waals surface area contributed by atoms with Crippen LogP contribution >= 0.6 is 15.9 Å². The Bertz CT molecular complexity index is 542. The van der Waals surface area contributed by atoms with Crippen LogP contribution in [-0.2, 0) is 13.1 Å². The molecule has 5 heteroatoms. The van der Waals surface area contributed by atoms with E-state index in [0.717, 1.165) is 16.8 Å². The lowest BCUT2D eigenvalue weighted by Gasteiger charge is -2.09. The fourth-order valence-corrected chi connectivity index (χ4v) is 2.02. The van der Waals surface area contributed by atoms with Crippen LogP contribution in [0.15, 0.2) is 34.9 Å². The lowest BCUT2D eigenvalue weighted by molar-refractivity contribution is 0.904. The first kappa shape index (κ1) is 13.0. The third kappa shape index (κ3) is 3.27. The molecule has 2 rings (SSSR count). The van der Waals surface area contributed by atoms with Gasteiger partial charge in [0.25, 0.3) is 0 Å². The Kier molecular flexibility index (Phi) is 4.28. The fourth-order valence-electron chi connectivity index (χ4n) is 1.61. The lowest BCUT2D eigenvalue weighted by Crippen LogP contribution is -2.07. The number of nitrogens with zero attached hydrogens (tertiary/aromatic N) is 2. The second-order valence-corrected chi connectivity index (χ2v) is 4.90. The van der Waals surface area contributed by atoms with E-state index in [9.17, 15) is 0 Å². The van der Waals surface area contributed by atoms with Gasteiger partial charge in [-0.05, 0) is 36.2 Å². The van der Waals surface area contributed by atoms with Crippen LogP contribution in [0.1, 0.15) is 17.0 Å². The Morgan fingerprint density at radius 1 is 1.33 bits per heavy atom. The van der Waals surface area contributed by atoms with E-state index in [-0.39, 0.29) is 0 Å². The van der Waals surface area contributed by atoms with Crippen molar-refractivity contribution in [1.29, 1.82) is 0 Å². The lowest BCUT2D eigenvalue weighted by atomic mass is 10.1. The van der Waals surface area contributed by atoms with Crippen molar-refractivity contribution in [2.75, 3.05) is 5.32 Å². The summed E-state index contributed by atoms with van der Waals surface area (Å²) in [6.07, 6.45) is 1.71. The highest BCUT2D eigenvalue weighted by atomic mass is 79.9. The average molecular weight is 307 g/mol. The molecule has 0 aliphatic rings. The van der Waals surface area contributed by atoms with E-state index in [4.69, 9.17) is 5.73 Å². The molecule has 18 heavy (non-hydrogen) atoms. The predicted octanol–water partition coefficient (Wildman–Crippen LogP) is 2.62. The highest BCUT2D eigenvalue weighted by Crippen LogP contribution is 2.17. The summed E-state index contributed by atoms with van der Waals surface area (Å²) in [5.74, 6) is 1.44. The first-order chi connectivity index (χ1) is 8.69. The highest BCUT2D eigenvalue weighted by molar-refractivity contribution is 9.10. The molecule has 1 aromatic carbocycles. The SMILES string of the molecule is Cc1ccc(Br)cc1CNc1ccnc(CN)n1. The topological polar surface area (TPSA) is 63.8 Å². The molecule has 1 aromatic heterocycles. The van der Waals surface area contributed by atoms with Crippen molar-refractivity contribution in [2.24, 2.45) is 5.73 Å². The van der Waals surface area contributed by atoms with Gasteiger partial charge in [-0.2, -0.15) is 0 Å². The average Bonchev–Trinajstić information content (AvgIpc) is 2.40. The van der Waals surface area contributed by atoms with Crippen LogP contribution in [0.3, 0.4) is 0 Å². The number of aryl methyl sites for hydroxylation is 1. The summed E-state index contributed by atoms with van der Waals surface area (Å²) in [4.78, 5) is 8.36. The smallest absolute Gasteiger partial charge is 0.144 e. The Balaban J connectivity index is 2.08. The van der Waals surface area contributed by atoms with Crippen molar-refractivity contribution in [2.45, 2.75) is 20.0 Å². The standard InChI is InChI=1S/C13H15BrN4/c1-9-2-3-11(14)6-10(9)8-17-12-4-5-16-13(7-15)18-12/h2-6H,7-8,15H2,1H3,(H,16,17,18). The van der Waals surface area contributed by atoms with E-state index in [0.29, 0.717) is 12.4 Å². The predicted molar refractivity (Wildman–Crippen MR) is 76.1 cm³/mol. The van der Waals surface area contributed by atoms with E-state index >= 15 is 0 Å². The molecular formula is C13H15BrN4. The minimum atomic E-state index is 0.353. The van der Waals surface area contributed by atoms with E-state index in [1.54, 1.807) is 6.20 Å². The van der Waals surface area contributed by atoms with E-state index in [2.05, 4.69) is 50.3 Å². The molecular weight excluding hydrogens is 292 g/mol. The summed E-state index contributed by atoms with van der Waals surface area (Å²) in [5, 5.41) is 3.28. The van der Waals surface area contributed by atoms with E-state index < -0.39 is 0 Å². The van der Waals surface area contributed by atoms with Crippen molar-refractivity contribution in [3.8, 4) is 0 Å². The molecule has 0 aliphatic carbocycles. The quantitative estimate of drug-likeness (QED) is 0.911. The number of hydrogen-bond acceptors (Lipinski definition) is 4. The van der Waals surface area contributed by atoms with Gasteiger partial charge >= 0.3 is 0 Å². The van der Waals surface area contributed by atoms with Crippen LogP contribution in [0.2, 0.25) is 0 Å². The molecule has 2 aromatic rings. The van der Waals surface area contributed by atoms with E-state index in [1.165, 1.54) is 11.1 Å². The molecule has 0 unspecified atom stereocenters. The number of halogens is 1. The molecule has 0 fully saturated rings. The van der Waals surface area contributed by atoms with Crippen molar-refractivity contribution in [1.82, 2.24) is 9.97 Å². The minimum Gasteiger partial charge on any atom is -0.366 e. The van der Waals surface area contributed by atoms with Crippen LogP contribution in [0.25, 0.3) is 0 Å². The van der Waals surface area contributed by atoms with Crippen LogP contribution in [0, 0.1) is 6.92 Å². The molecule has 0 spiro atoms. The second-order valence-electron chi connectivity index (χ2n) is 3.99. The zero-order valence-corrected chi connectivity index (χ0v) is 11.7. The number of rotatable bonds is 4. The minimum absolute atomic E-state index is 0.353. The maximum Gasteiger partial charge on any atom is 0.144 e. The number of hydrogen-bond donors (Lipinski definition) is 2. The summed E-state index contributed by atoms with van der Waals surface area (Å²) in [6.45, 7) is 3.17. The molecule has 0 radical (unpaired) electrons. The third-order valence-electron chi connectivity index (χ3n) is 2.66. The molecule has 3 N–H and O–H groups in total. The van der Waals surface area contributed by atoms with Gasteiger partial charge in [-0.1, -0.05) is 22.0 Å². The number of nitrogens with two attached hydrogens (primary N) is 1. The number of nitrogens with one attached hydrogen (secondary N) is 1. The first-order valence-corrected chi connectivity index (χ1v) is 6.49. The Labute approximate surface area is 115 Å². The van der Waals surface area contributed by atoms with Crippen LogP contribution in [0.5, 0.6) is 0 Å². The van der Waals surface area contributed by atoms with Gasteiger partial charge in [0.05, 0.1) is 6.54 Å². The van der Waals surface area contributed by atoms with Crippen molar-refractivity contribution < 1.29 is 0 Å². The third-order valence-corrected chi connectivity index (χ3v) is 3.15. The van der Waals surface area contributed by atoms with Crippen LogP contribution < -0.4 is 11.1 Å². The van der Waals surface area contributed by atoms with E-state index in [1.807, 2.05) is 12.1 Å². The summed E-state index contributed by atoms with van der Waals surface area (Å²) in [7, 11) is 0. The molecule has 0 bridgehead atoms. The fraction of sp³-hybridized carbons (Fsp3) is 0.231. The van der Waals surface area contributed by atoms with Crippen LogP contribution in [-0.4, -0.2) is 9.97 Å². The summed E-state index contributed by atoms with van der Waals surface area (Å²) < 4.78 is 1.08. The van der Waals surface area contributed by atoms with Gasteiger partial charge in [-0.25, -0.2) is 9.97 Å². The normalized spacial score (nSPS) is 10.4. The van der Waals surface area contributed by atoms with Gasteiger partial charge in [0.2, 0.25) is 0 Å². The molecule has 4 nitrogen and oxygen atoms in total. The zero-order valence-electron chi connectivity index (χ0n) is 10.2. The summed E-state index contributed by atoms with van der Waals surface area (Å²) in [5.41, 5.74) is 7.99. The van der Waals surface area contributed by atoms with Gasteiger partial charge < -0.3 is 11.1 Å². The number of aromatic nitrogens is 2. The number of benzene rings is 1.